The molecule has 26 heavy (non-hydrogen) atoms. The lowest BCUT2D eigenvalue weighted by atomic mass is 10.3. The average Bonchev–Trinajstić information content (AvgIpc) is 2.65. The Morgan fingerprint density at radius 1 is 0.962 bits per heavy atom. The van der Waals surface area contributed by atoms with Crippen LogP contribution in [0.25, 0.3) is 0 Å². The summed E-state index contributed by atoms with van der Waals surface area (Å²) >= 11 is 1.21. The van der Waals surface area contributed by atoms with Crippen LogP contribution in [-0.4, -0.2) is 36.8 Å². The summed E-state index contributed by atoms with van der Waals surface area (Å²) in [4.78, 5) is 35.2. The van der Waals surface area contributed by atoms with Crippen LogP contribution in [0.1, 0.15) is 0 Å². The summed E-state index contributed by atoms with van der Waals surface area (Å²) in [7, 11) is 0. The Bertz CT molecular complexity index is 767. The highest BCUT2D eigenvalue weighted by Crippen LogP contribution is 2.26. The number of amides is 2. The van der Waals surface area contributed by atoms with E-state index in [1.165, 1.54) is 11.8 Å². The van der Waals surface area contributed by atoms with E-state index in [2.05, 4.69) is 5.32 Å². The molecule has 2 aromatic rings. The number of hydrogen-bond acceptors (Lipinski definition) is 6. The molecule has 0 saturated carbocycles. The number of primary amides is 1. The Hall–Kier alpha value is -3.00. The molecule has 0 heterocycles. The van der Waals surface area contributed by atoms with Crippen LogP contribution in [0.2, 0.25) is 0 Å². The number of esters is 1. The first-order valence-corrected chi connectivity index (χ1v) is 8.66. The standard InChI is InChI=1S/C18H18N2O5S/c19-16(21)12-26-15-9-5-4-8-14(15)20-17(22)10-25-18(23)11-24-13-6-2-1-3-7-13/h1-9H,10-12H2,(H2,19,21)(H,20,22). The number of thioether (sulfide) groups is 1. The number of nitrogens with two attached hydrogens (primary N) is 1. The molecule has 0 aromatic heterocycles. The first-order chi connectivity index (χ1) is 12.5. The van der Waals surface area contributed by atoms with Crippen LogP contribution in [-0.2, 0) is 19.1 Å². The SMILES string of the molecule is NC(=O)CSc1ccccc1NC(=O)COC(=O)COc1ccccc1. The van der Waals surface area contributed by atoms with Gasteiger partial charge in [-0.05, 0) is 24.3 Å². The molecule has 2 amide bonds. The number of anilines is 1. The van der Waals surface area contributed by atoms with Crippen molar-refractivity contribution in [1.29, 1.82) is 0 Å². The first-order valence-electron chi connectivity index (χ1n) is 7.68. The topological polar surface area (TPSA) is 108 Å². The predicted octanol–water partition coefficient (Wildman–Crippen LogP) is 1.82. The van der Waals surface area contributed by atoms with E-state index in [9.17, 15) is 14.4 Å². The third-order valence-corrected chi connectivity index (χ3v) is 4.09. The second-order valence-electron chi connectivity index (χ2n) is 5.06. The second kappa shape index (κ2) is 10.1. The van der Waals surface area contributed by atoms with Crippen LogP contribution < -0.4 is 15.8 Å². The number of benzene rings is 2. The van der Waals surface area contributed by atoms with Gasteiger partial charge in [-0.15, -0.1) is 11.8 Å². The summed E-state index contributed by atoms with van der Waals surface area (Å²) in [6.07, 6.45) is 0. The Kier molecular flexibility index (Phi) is 7.50. The molecule has 2 rings (SSSR count). The smallest absolute Gasteiger partial charge is 0.344 e. The normalized spacial score (nSPS) is 10.0. The van der Waals surface area contributed by atoms with Crippen LogP contribution >= 0.6 is 11.8 Å². The number of ether oxygens (including phenoxy) is 2. The maximum atomic E-state index is 12.0. The van der Waals surface area contributed by atoms with Crippen molar-refractivity contribution in [3.8, 4) is 5.75 Å². The molecule has 0 bridgehead atoms. The molecule has 0 unspecified atom stereocenters. The summed E-state index contributed by atoms with van der Waals surface area (Å²) in [5, 5.41) is 2.63. The summed E-state index contributed by atoms with van der Waals surface area (Å²) < 4.78 is 10.1. The first kappa shape index (κ1) is 19.3. The minimum absolute atomic E-state index is 0.0959. The second-order valence-corrected chi connectivity index (χ2v) is 6.08. The Labute approximate surface area is 154 Å². The minimum Gasteiger partial charge on any atom is -0.482 e. The number of carbonyl (C=O) groups excluding carboxylic acids is 3. The minimum atomic E-state index is -0.652. The van der Waals surface area contributed by atoms with Gasteiger partial charge in [-0.2, -0.15) is 0 Å². The van der Waals surface area contributed by atoms with Gasteiger partial charge in [0, 0.05) is 4.90 Å². The average molecular weight is 374 g/mol. The molecule has 0 saturated heterocycles. The summed E-state index contributed by atoms with van der Waals surface area (Å²) in [5.74, 6) is -0.970. The maximum absolute atomic E-state index is 12.0. The zero-order valence-corrected chi connectivity index (χ0v) is 14.7. The molecule has 0 spiro atoms. The van der Waals surface area contributed by atoms with Crippen molar-refractivity contribution in [1.82, 2.24) is 0 Å². The van der Waals surface area contributed by atoms with Gasteiger partial charge in [0.05, 0.1) is 11.4 Å². The number of rotatable bonds is 9. The van der Waals surface area contributed by atoms with Crippen molar-refractivity contribution >= 4 is 35.2 Å². The molecule has 0 aliphatic carbocycles. The largest absolute Gasteiger partial charge is 0.482 e. The van der Waals surface area contributed by atoms with Crippen LogP contribution in [0.15, 0.2) is 59.5 Å². The van der Waals surface area contributed by atoms with Crippen LogP contribution in [0.3, 0.4) is 0 Å². The lowest BCUT2D eigenvalue weighted by Gasteiger charge is -2.10. The molecule has 0 fully saturated rings. The van der Waals surface area contributed by atoms with Gasteiger partial charge >= 0.3 is 5.97 Å². The van der Waals surface area contributed by atoms with Gasteiger partial charge in [0.25, 0.3) is 5.91 Å². The van der Waals surface area contributed by atoms with Crippen molar-refractivity contribution in [3.63, 3.8) is 0 Å². The Balaban J connectivity index is 1.78. The van der Waals surface area contributed by atoms with Gasteiger partial charge < -0.3 is 20.5 Å². The number of para-hydroxylation sites is 2. The van der Waals surface area contributed by atoms with Gasteiger partial charge in [0.1, 0.15) is 5.75 Å². The summed E-state index contributed by atoms with van der Waals surface area (Å²) in [6.45, 7) is -0.728. The zero-order valence-electron chi connectivity index (χ0n) is 13.8. The highest BCUT2D eigenvalue weighted by Gasteiger charge is 2.11. The van der Waals surface area contributed by atoms with E-state index in [0.29, 0.717) is 16.3 Å². The van der Waals surface area contributed by atoms with Gasteiger partial charge in [-0.1, -0.05) is 30.3 Å². The van der Waals surface area contributed by atoms with E-state index in [4.69, 9.17) is 15.2 Å². The summed E-state index contributed by atoms with van der Waals surface area (Å²) in [6, 6.07) is 15.8. The van der Waals surface area contributed by atoms with E-state index in [-0.39, 0.29) is 12.4 Å². The van der Waals surface area contributed by atoms with E-state index in [1.54, 1.807) is 48.5 Å². The van der Waals surface area contributed by atoms with Gasteiger partial charge in [-0.3, -0.25) is 9.59 Å². The van der Waals surface area contributed by atoms with Crippen molar-refractivity contribution in [3.05, 3.63) is 54.6 Å². The van der Waals surface area contributed by atoms with Gasteiger partial charge in [0.2, 0.25) is 5.91 Å². The fourth-order valence-electron chi connectivity index (χ4n) is 1.88. The quantitative estimate of drug-likeness (QED) is 0.512. The van der Waals surface area contributed by atoms with Crippen molar-refractivity contribution in [2.45, 2.75) is 4.90 Å². The van der Waals surface area contributed by atoms with Crippen molar-refractivity contribution in [2.75, 3.05) is 24.3 Å². The highest BCUT2D eigenvalue weighted by atomic mass is 32.2. The maximum Gasteiger partial charge on any atom is 0.344 e. The van der Waals surface area contributed by atoms with E-state index >= 15 is 0 Å². The molecule has 2 aromatic carbocycles. The van der Waals surface area contributed by atoms with Gasteiger partial charge in [-0.25, -0.2) is 4.79 Å². The zero-order chi connectivity index (χ0) is 18.8. The van der Waals surface area contributed by atoms with E-state index < -0.39 is 24.4 Å². The van der Waals surface area contributed by atoms with Crippen LogP contribution in [0, 0.1) is 0 Å². The Morgan fingerprint density at radius 2 is 1.65 bits per heavy atom. The van der Waals surface area contributed by atoms with E-state index in [0.717, 1.165) is 0 Å². The third kappa shape index (κ3) is 6.86. The molecule has 8 heteroatoms. The molecule has 0 radical (unpaired) electrons. The number of nitrogens with one attached hydrogen (secondary N) is 1. The molecule has 0 aliphatic heterocycles. The summed E-state index contributed by atoms with van der Waals surface area (Å²) in [5.41, 5.74) is 5.64. The fraction of sp³-hybridized carbons (Fsp3) is 0.167. The lowest BCUT2D eigenvalue weighted by molar-refractivity contribution is -0.149. The molecular formula is C18H18N2O5S. The third-order valence-electron chi connectivity index (χ3n) is 3.00. The molecule has 7 nitrogen and oxygen atoms in total. The van der Waals surface area contributed by atoms with Crippen LogP contribution in [0.5, 0.6) is 5.75 Å². The molecule has 0 aliphatic rings. The molecular weight excluding hydrogens is 356 g/mol. The fourth-order valence-corrected chi connectivity index (χ4v) is 2.62. The number of carbonyl (C=O) groups is 3. The molecule has 136 valence electrons. The van der Waals surface area contributed by atoms with Crippen LogP contribution in [0.4, 0.5) is 5.69 Å². The molecule has 0 atom stereocenters. The van der Waals surface area contributed by atoms with Crippen molar-refractivity contribution in [2.24, 2.45) is 5.73 Å². The predicted molar refractivity (Wildman–Crippen MR) is 97.9 cm³/mol. The van der Waals surface area contributed by atoms with Gasteiger partial charge in [0.15, 0.2) is 13.2 Å². The lowest BCUT2D eigenvalue weighted by Crippen LogP contribution is -2.24. The molecule has 3 N–H and O–H groups in total. The van der Waals surface area contributed by atoms with Crippen molar-refractivity contribution < 1.29 is 23.9 Å². The highest BCUT2D eigenvalue weighted by molar-refractivity contribution is 8.00. The monoisotopic (exact) mass is 374 g/mol. The number of hydrogen-bond donors (Lipinski definition) is 2. The van der Waals surface area contributed by atoms with E-state index in [1.807, 2.05) is 6.07 Å². The Morgan fingerprint density at radius 3 is 2.38 bits per heavy atom.